The van der Waals surface area contributed by atoms with Gasteiger partial charge in [-0.25, -0.2) is 0 Å². The molecule has 0 bridgehead atoms. The Labute approximate surface area is 280 Å². The minimum atomic E-state index is 1.10. The number of anilines is 3. The predicted molar refractivity (Wildman–Crippen MR) is 204 cm³/mol. The number of nitrogens with zero attached hydrogens (tertiary/aromatic N) is 2. The molecule has 1 heterocycles. The second kappa shape index (κ2) is 11.8. The van der Waals surface area contributed by atoms with E-state index in [1.54, 1.807) is 0 Å². The highest BCUT2D eigenvalue weighted by molar-refractivity contribution is 6.09. The van der Waals surface area contributed by atoms with E-state index in [-0.39, 0.29) is 0 Å². The number of fused-ring (bicyclic) bond motifs is 4. The van der Waals surface area contributed by atoms with Gasteiger partial charge in [0.15, 0.2) is 0 Å². The maximum Gasteiger partial charge on any atom is 0.0546 e. The van der Waals surface area contributed by atoms with Crippen molar-refractivity contribution >= 4 is 49.6 Å². The molecule has 0 aliphatic heterocycles. The van der Waals surface area contributed by atoms with Crippen molar-refractivity contribution in [2.45, 2.75) is 0 Å². The van der Waals surface area contributed by atoms with E-state index in [1.807, 2.05) is 0 Å². The highest BCUT2D eigenvalue weighted by atomic mass is 15.1. The Balaban J connectivity index is 1.23. The van der Waals surface area contributed by atoms with Gasteiger partial charge < -0.3 is 9.47 Å². The van der Waals surface area contributed by atoms with Crippen LogP contribution in [0.2, 0.25) is 0 Å². The molecule has 0 amide bonds. The molecule has 8 aromatic carbocycles. The van der Waals surface area contributed by atoms with Crippen LogP contribution in [0.3, 0.4) is 0 Å². The van der Waals surface area contributed by atoms with Gasteiger partial charge in [-0.05, 0) is 88.1 Å². The van der Waals surface area contributed by atoms with Crippen LogP contribution >= 0.6 is 0 Å². The molecule has 0 radical (unpaired) electrons. The zero-order valence-electron chi connectivity index (χ0n) is 26.4. The number of para-hydroxylation sites is 3. The maximum absolute atomic E-state index is 2.39. The third-order valence-corrected chi connectivity index (χ3v) is 9.37. The Morgan fingerprint density at radius 2 is 0.896 bits per heavy atom. The van der Waals surface area contributed by atoms with Crippen molar-refractivity contribution in [1.29, 1.82) is 0 Å². The molecule has 0 unspecified atom stereocenters. The van der Waals surface area contributed by atoms with E-state index in [0.717, 1.165) is 22.7 Å². The van der Waals surface area contributed by atoms with Gasteiger partial charge in [-0.15, -0.1) is 0 Å². The fraction of sp³-hybridized carbons (Fsp3) is 0. The Morgan fingerprint density at radius 1 is 0.354 bits per heavy atom. The fourth-order valence-corrected chi connectivity index (χ4v) is 7.08. The maximum atomic E-state index is 2.39. The highest BCUT2D eigenvalue weighted by Crippen LogP contribution is 2.43. The van der Waals surface area contributed by atoms with Gasteiger partial charge in [-0.2, -0.15) is 0 Å². The van der Waals surface area contributed by atoms with Gasteiger partial charge in [0, 0.05) is 33.4 Å². The first kappa shape index (κ1) is 27.9. The summed E-state index contributed by atoms with van der Waals surface area (Å²) in [5.74, 6) is 0. The molecule has 2 heteroatoms. The van der Waals surface area contributed by atoms with Crippen molar-refractivity contribution in [3.8, 4) is 27.9 Å². The van der Waals surface area contributed by atoms with Crippen molar-refractivity contribution in [1.82, 2.24) is 4.57 Å². The predicted octanol–water partition coefficient (Wildman–Crippen LogP) is 12.7. The molecule has 0 saturated heterocycles. The van der Waals surface area contributed by atoms with Gasteiger partial charge in [-0.1, -0.05) is 133 Å². The summed E-state index contributed by atoms with van der Waals surface area (Å²) in [7, 11) is 0. The minimum Gasteiger partial charge on any atom is -0.310 e. The molecule has 48 heavy (non-hydrogen) atoms. The number of hydrogen-bond acceptors (Lipinski definition) is 1. The van der Waals surface area contributed by atoms with Gasteiger partial charge in [0.1, 0.15) is 0 Å². The van der Waals surface area contributed by atoms with Crippen LogP contribution in [0.1, 0.15) is 0 Å². The number of aromatic nitrogens is 1. The van der Waals surface area contributed by atoms with Crippen LogP contribution in [0.25, 0.3) is 60.5 Å². The third kappa shape index (κ3) is 4.83. The lowest BCUT2D eigenvalue weighted by molar-refractivity contribution is 1.17. The van der Waals surface area contributed by atoms with Crippen LogP contribution < -0.4 is 4.90 Å². The Morgan fingerprint density at radius 3 is 1.60 bits per heavy atom. The van der Waals surface area contributed by atoms with Gasteiger partial charge in [0.25, 0.3) is 0 Å². The molecule has 226 valence electrons. The summed E-state index contributed by atoms with van der Waals surface area (Å²) in [5.41, 5.74) is 11.6. The second-order valence-corrected chi connectivity index (χ2v) is 12.2. The molecule has 0 saturated carbocycles. The van der Waals surface area contributed by atoms with Gasteiger partial charge >= 0.3 is 0 Å². The number of rotatable bonds is 6. The van der Waals surface area contributed by atoms with Crippen molar-refractivity contribution in [2.24, 2.45) is 0 Å². The summed E-state index contributed by atoms with van der Waals surface area (Å²) in [6, 6.07) is 69.9. The lowest BCUT2D eigenvalue weighted by Gasteiger charge is -2.29. The number of hydrogen-bond donors (Lipinski definition) is 0. The summed E-state index contributed by atoms with van der Waals surface area (Å²) >= 11 is 0. The van der Waals surface area contributed by atoms with Crippen LogP contribution in [-0.4, -0.2) is 4.57 Å². The average molecular weight is 613 g/mol. The minimum absolute atomic E-state index is 1.10. The molecule has 0 atom stereocenters. The zero-order chi connectivity index (χ0) is 31.9. The molecule has 2 nitrogen and oxygen atoms in total. The fourth-order valence-electron chi connectivity index (χ4n) is 7.08. The van der Waals surface area contributed by atoms with E-state index >= 15 is 0 Å². The molecular weight excluding hydrogens is 581 g/mol. The van der Waals surface area contributed by atoms with E-state index in [4.69, 9.17) is 0 Å². The number of benzene rings is 8. The Hall–Kier alpha value is -6.38. The van der Waals surface area contributed by atoms with Gasteiger partial charge in [0.2, 0.25) is 0 Å². The van der Waals surface area contributed by atoms with E-state index in [0.29, 0.717) is 0 Å². The van der Waals surface area contributed by atoms with Crippen LogP contribution in [0.15, 0.2) is 194 Å². The summed E-state index contributed by atoms with van der Waals surface area (Å²) in [6.45, 7) is 0. The van der Waals surface area contributed by atoms with Gasteiger partial charge in [0.05, 0.1) is 16.7 Å². The topological polar surface area (TPSA) is 8.17 Å². The van der Waals surface area contributed by atoms with E-state index < -0.39 is 0 Å². The molecule has 0 fully saturated rings. The van der Waals surface area contributed by atoms with E-state index in [2.05, 4.69) is 204 Å². The zero-order valence-corrected chi connectivity index (χ0v) is 26.4. The van der Waals surface area contributed by atoms with Crippen molar-refractivity contribution in [2.75, 3.05) is 4.90 Å². The normalized spacial score (nSPS) is 11.3. The van der Waals surface area contributed by atoms with Crippen LogP contribution in [0, 0.1) is 0 Å². The Bertz CT molecular complexity index is 2490. The first-order valence-corrected chi connectivity index (χ1v) is 16.4. The van der Waals surface area contributed by atoms with Crippen LogP contribution in [0.4, 0.5) is 17.1 Å². The molecular formula is C46H32N2. The smallest absolute Gasteiger partial charge is 0.0546 e. The van der Waals surface area contributed by atoms with Gasteiger partial charge in [-0.3, -0.25) is 0 Å². The quantitative estimate of drug-likeness (QED) is 0.181. The van der Waals surface area contributed by atoms with E-state index in [9.17, 15) is 0 Å². The van der Waals surface area contributed by atoms with Crippen LogP contribution in [0.5, 0.6) is 0 Å². The van der Waals surface area contributed by atoms with Crippen molar-refractivity contribution in [3.63, 3.8) is 0 Å². The second-order valence-electron chi connectivity index (χ2n) is 12.2. The highest BCUT2D eigenvalue weighted by Gasteiger charge is 2.19. The largest absolute Gasteiger partial charge is 0.310 e. The molecule has 0 aliphatic carbocycles. The first-order chi connectivity index (χ1) is 23.8. The summed E-state index contributed by atoms with van der Waals surface area (Å²) in [6.07, 6.45) is 0. The SMILES string of the molecule is c1ccc(-c2ccc(-c3ccc4ccccc4c3)cc2N(c2ccccc2)c2ccc(-n3c4ccccc4c4ccccc43)cc2)cc1. The van der Waals surface area contributed by atoms with Crippen molar-refractivity contribution < 1.29 is 0 Å². The van der Waals surface area contributed by atoms with Crippen LogP contribution in [-0.2, 0) is 0 Å². The average Bonchev–Trinajstić information content (AvgIpc) is 3.50. The molecule has 1 aromatic heterocycles. The van der Waals surface area contributed by atoms with E-state index in [1.165, 1.54) is 54.8 Å². The van der Waals surface area contributed by atoms with Crippen molar-refractivity contribution in [3.05, 3.63) is 194 Å². The summed E-state index contributed by atoms with van der Waals surface area (Å²) in [5, 5.41) is 5.02. The summed E-state index contributed by atoms with van der Waals surface area (Å²) in [4.78, 5) is 2.39. The standard InChI is InChI=1S/C46H32N2/c1-3-14-34(15-4-1)41-30-25-37(36-24-23-33-13-7-8-16-35(33)31-36)32-46(41)47(38-17-5-2-6-18-38)39-26-28-40(29-27-39)48-44-21-11-9-19-42(44)43-20-10-12-22-45(43)48/h1-32H. The molecule has 0 spiro atoms. The molecule has 0 aliphatic rings. The molecule has 9 rings (SSSR count). The molecule has 9 aromatic rings. The monoisotopic (exact) mass is 612 g/mol. The lowest BCUT2D eigenvalue weighted by atomic mass is 9.95. The first-order valence-electron chi connectivity index (χ1n) is 16.4. The Kier molecular flexibility index (Phi) is 6.84. The lowest BCUT2D eigenvalue weighted by Crippen LogP contribution is -2.11. The summed E-state index contributed by atoms with van der Waals surface area (Å²) < 4.78 is 2.37. The molecule has 0 N–H and O–H groups in total. The third-order valence-electron chi connectivity index (χ3n) is 9.37.